The van der Waals surface area contributed by atoms with E-state index in [1.807, 2.05) is 36.4 Å². The zero-order valence-electron chi connectivity index (χ0n) is 15.8. The van der Waals surface area contributed by atoms with Crippen molar-refractivity contribution < 1.29 is 9.18 Å². The lowest BCUT2D eigenvalue weighted by Gasteiger charge is -2.23. The van der Waals surface area contributed by atoms with Crippen LogP contribution in [-0.2, 0) is 11.2 Å². The van der Waals surface area contributed by atoms with E-state index in [-0.39, 0.29) is 11.7 Å². The molecular weight excluding hydrogens is 365 g/mol. The number of carbonyl (C=O) groups excluding carboxylic acids is 1. The maximum Gasteiger partial charge on any atom is 0.251 e. The van der Waals surface area contributed by atoms with Gasteiger partial charge < -0.3 is 10.2 Å². The maximum atomic E-state index is 14.6. The Bertz CT molecular complexity index is 1120. The van der Waals surface area contributed by atoms with Crippen LogP contribution in [-0.4, -0.2) is 30.8 Å². The molecule has 3 aromatic carbocycles. The van der Waals surface area contributed by atoms with E-state index in [0.717, 1.165) is 24.2 Å². The van der Waals surface area contributed by atoms with Crippen molar-refractivity contribution in [2.75, 3.05) is 23.3 Å². The molecule has 4 nitrogen and oxygen atoms in total. The third-order valence-electron chi connectivity index (χ3n) is 5.53. The van der Waals surface area contributed by atoms with Gasteiger partial charge in [-0.05, 0) is 36.2 Å². The summed E-state index contributed by atoms with van der Waals surface area (Å²) in [7, 11) is 0. The van der Waals surface area contributed by atoms with Crippen LogP contribution in [0.4, 0.5) is 15.8 Å². The van der Waals surface area contributed by atoms with Crippen LogP contribution in [0, 0.1) is 5.82 Å². The lowest BCUT2D eigenvalue weighted by atomic mass is 10.00. The predicted molar refractivity (Wildman–Crippen MR) is 113 cm³/mol. The Kier molecular flexibility index (Phi) is 4.35. The molecule has 29 heavy (non-hydrogen) atoms. The van der Waals surface area contributed by atoms with Gasteiger partial charge in [-0.3, -0.25) is 9.79 Å². The number of halogens is 1. The molecule has 0 unspecified atom stereocenters. The first kappa shape index (κ1) is 17.6. The number of amides is 1. The molecule has 2 aliphatic heterocycles. The topological polar surface area (TPSA) is 44.7 Å². The smallest absolute Gasteiger partial charge is 0.251 e. The molecule has 0 fully saturated rings. The molecule has 3 aromatic rings. The van der Waals surface area contributed by atoms with E-state index in [4.69, 9.17) is 4.99 Å². The van der Waals surface area contributed by atoms with E-state index in [2.05, 4.69) is 22.3 Å². The zero-order valence-corrected chi connectivity index (χ0v) is 15.8. The van der Waals surface area contributed by atoms with Gasteiger partial charge in [-0.2, -0.15) is 0 Å². The van der Waals surface area contributed by atoms with E-state index >= 15 is 0 Å². The van der Waals surface area contributed by atoms with Gasteiger partial charge in [-0.25, -0.2) is 4.39 Å². The Morgan fingerprint density at radius 2 is 1.69 bits per heavy atom. The summed E-state index contributed by atoms with van der Waals surface area (Å²) < 4.78 is 14.6. The van der Waals surface area contributed by atoms with Crippen LogP contribution < -0.4 is 10.2 Å². The number of nitrogens with zero attached hydrogens (tertiary/aromatic N) is 2. The van der Waals surface area contributed by atoms with Crippen LogP contribution in [0.5, 0.6) is 0 Å². The highest BCUT2D eigenvalue weighted by Crippen LogP contribution is 2.30. The molecule has 2 aliphatic rings. The summed E-state index contributed by atoms with van der Waals surface area (Å²) in [4.78, 5) is 20.0. The lowest BCUT2D eigenvalue weighted by molar-refractivity contribution is -0.117. The Morgan fingerprint density at radius 1 is 0.966 bits per heavy atom. The second-order valence-electron chi connectivity index (χ2n) is 7.33. The summed E-state index contributed by atoms with van der Waals surface area (Å²) in [6.07, 6.45) is 0.953. The van der Waals surface area contributed by atoms with Gasteiger partial charge in [-0.1, -0.05) is 48.5 Å². The van der Waals surface area contributed by atoms with Gasteiger partial charge in [0.1, 0.15) is 11.9 Å². The van der Waals surface area contributed by atoms with Crippen molar-refractivity contribution in [1.82, 2.24) is 0 Å². The standard InChI is InChI=1S/C24H20FN3O/c25-19-10-4-2-8-17(19)23-18-9-3-5-11-20(18)27-24(29)21(26-23)15-28-14-13-16-7-1-6-12-22(16)28/h1-12,21H,13-15H2,(H,27,29)/t21-/m1/s1. The number of para-hydroxylation sites is 2. The SMILES string of the molecule is O=C1Nc2ccccc2C(c2ccccc2F)=N[C@@H]1CN1CCc2ccccc21. The van der Waals surface area contributed by atoms with Crippen LogP contribution >= 0.6 is 0 Å². The largest absolute Gasteiger partial charge is 0.368 e. The van der Waals surface area contributed by atoms with Crippen LogP contribution in [0.1, 0.15) is 16.7 Å². The number of rotatable bonds is 3. The van der Waals surface area contributed by atoms with E-state index in [1.165, 1.54) is 11.6 Å². The minimum absolute atomic E-state index is 0.173. The van der Waals surface area contributed by atoms with Crippen LogP contribution in [0.2, 0.25) is 0 Å². The number of benzodiazepines with no additional fused rings is 1. The number of nitrogens with one attached hydrogen (secondary N) is 1. The number of hydrogen-bond donors (Lipinski definition) is 1. The Hall–Kier alpha value is -3.47. The van der Waals surface area contributed by atoms with Crippen molar-refractivity contribution in [3.8, 4) is 0 Å². The maximum absolute atomic E-state index is 14.6. The fraction of sp³-hybridized carbons (Fsp3) is 0.167. The highest BCUT2D eigenvalue weighted by Gasteiger charge is 2.30. The van der Waals surface area contributed by atoms with Crippen molar-refractivity contribution in [3.05, 3.63) is 95.3 Å². The summed E-state index contributed by atoms with van der Waals surface area (Å²) in [5.41, 5.74) is 4.73. The molecule has 5 rings (SSSR count). The van der Waals surface area contributed by atoms with Gasteiger partial charge in [0.25, 0.3) is 5.91 Å². The Balaban J connectivity index is 1.57. The van der Waals surface area contributed by atoms with Gasteiger partial charge in [0, 0.05) is 29.9 Å². The van der Waals surface area contributed by atoms with Gasteiger partial charge in [0.05, 0.1) is 11.4 Å². The van der Waals surface area contributed by atoms with Gasteiger partial charge in [0.2, 0.25) is 0 Å². The average Bonchev–Trinajstić information content (AvgIpc) is 3.09. The van der Waals surface area contributed by atoms with Crippen molar-refractivity contribution in [2.24, 2.45) is 4.99 Å². The second-order valence-corrected chi connectivity index (χ2v) is 7.33. The summed E-state index contributed by atoms with van der Waals surface area (Å²) in [5.74, 6) is -0.520. The summed E-state index contributed by atoms with van der Waals surface area (Å²) in [5, 5.41) is 2.99. The molecule has 0 spiro atoms. The molecular formula is C24H20FN3O. The number of fused-ring (bicyclic) bond motifs is 2. The quantitative estimate of drug-likeness (QED) is 0.739. The van der Waals surface area contributed by atoms with Crippen molar-refractivity contribution in [1.29, 1.82) is 0 Å². The van der Waals surface area contributed by atoms with Gasteiger partial charge >= 0.3 is 0 Å². The van der Waals surface area contributed by atoms with Gasteiger partial charge in [0.15, 0.2) is 0 Å². The minimum Gasteiger partial charge on any atom is -0.368 e. The average molecular weight is 385 g/mol. The fourth-order valence-electron chi connectivity index (χ4n) is 4.10. The first-order valence-corrected chi connectivity index (χ1v) is 9.76. The Labute approximate surface area is 168 Å². The third-order valence-corrected chi connectivity index (χ3v) is 5.53. The molecule has 0 saturated heterocycles. The Morgan fingerprint density at radius 3 is 2.55 bits per heavy atom. The molecule has 1 amide bonds. The van der Waals surface area contributed by atoms with Crippen LogP contribution in [0.3, 0.4) is 0 Å². The summed E-state index contributed by atoms with van der Waals surface area (Å²) >= 11 is 0. The highest BCUT2D eigenvalue weighted by atomic mass is 19.1. The van der Waals surface area contributed by atoms with E-state index in [9.17, 15) is 9.18 Å². The number of hydrogen-bond acceptors (Lipinski definition) is 3. The summed E-state index contributed by atoms with van der Waals surface area (Å²) in [6, 6.07) is 21.6. The monoisotopic (exact) mass is 385 g/mol. The third kappa shape index (κ3) is 3.18. The number of benzene rings is 3. The number of aliphatic imine (C=N–C) groups is 1. The van der Waals surface area contributed by atoms with Crippen LogP contribution in [0.15, 0.2) is 77.8 Å². The normalized spacial score (nSPS) is 17.8. The first-order chi connectivity index (χ1) is 14.2. The molecule has 5 heteroatoms. The van der Waals surface area contributed by atoms with Crippen molar-refractivity contribution >= 4 is 23.0 Å². The molecule has 1 N–H and O–H groups in total. The van der Waals surface area contributed by atoms with Gasteiger partial charge in [-0.15, -0.1) is 0 Å². The van der Waals surface area contributed by atoms with E-state index < -0.39 is 6.04 Å². The highest BCUT2D eigenvalue weighted by molar-refractivity contribution is 6.19. The molecule has 2 heterocycles. The first-order valence-electron chi connectivity index (χ1n) is 9.76. The van der Waals surface area contributed by atoms with Crippen molar-refractivity contribution in [3.63, 3.8) is 0 Å². The number of anilines is 2. The predicted octanol–water partition coefficient (Wildman–Crippen LogP) is 4.05. The minimum atomic E-state index is -0.636. The number of carbonyl (C=O) groups is 1. The van der Waals surface area contributed by atoms with E-state index in [1.54, 1.807) is 18.2 Å². The van der Waals surface area contributed by atoms with E-state index in [0.29, 0.717) is 23.5 Å². The molecule has 0 aromatic heterocycles. The second kappa shape index (κ2) is 7.17. The lowest BCUT2D eigenvalue weighted by Crippen LogP contribution is -2.38. The molecule has 0 bridgehead atoms. The van der Waals surface area contributed by atoms with Crippen molar-refractivity contribution in [2.45, 2.75) is 12.5 Å². The summed E-state index contributed by atoms with van der Waals surface area (Å²) in [6.45, 7) is 1.30. The molecule has 0 saturated carbocycles. The molecule has 0 aliphatic carbocycles. The molecule has 0 radical (unpaired) electrons. The fourth-order valence-corrected chi connectivity index (χ4v) is 4.10. The molecule has 1 atom stereocenters. The zero-order chi connectivity index (χ0) is 19.8. The van der Waals surface area contributed by atoms with Crippen LogP contribution in [0.25, 0.3) is 0 Å². The molecule has 144 valence electrons.